The highest BCUT2D eigenvalue weighted by molar-refractivity contribution is 7.89. The number of carbonyl (C=O) groups is 1. The van der Waals surface area contributed by atoms with Gasteiger partial charge in [-0.05, 0) is 37.1 Å². The molecular weight excluding hydrogens is 337 g/mol. The first-order chi connectivity index (χ1) is 11.4. The molecule has 2 rings (SSSR count). The van der Waals surface area contributed by atoms with Gasteiger partial charge in [-0.25, -0.2) is 17.5 Å². The van der Waals surface area contributed by atoms with Crippen LogP contribution in [0, 0.1) is 5.82 Å². The Morgan fingerprint density at radius 2 is 2.21 bits per heavy atom. The van der Waals surface area contributed by atoms with E-state index >= 15 is 0 Å². The molecule has 0 spiro atoms. The third kappa shape index (κ3) is 5.23. The van der Waals surface area contributed by atoms with Crippen LogP contribution in [0.3, 0.4) is 0 Å². The molecule has 0 unspecified atom stereocenters. The normalized spacial score (nSPS) is 14.2. The summed E-state index contributed by atoms with van der Waals surface area (Å²) in [5.41, 5.74) is 1.52. The van der Waals surface area contributed by atoms with E-state index in [4.69, 9.17) is 4.74 Å². The van der Waals surface area contributed by atoms with Crippen molar-refractivity contribution in [2.45, 2.75) is 19.9 Å². The largest absolute Gasteiger partial charge is 0.381 e. The van der Waals surface area contributed by atoms with Crippen LogP contribution in [0.15, 0.2) is 12.1 Å². The molecule has 0 bridgehead atoms. The number of fused-ring (bicyclic) bond motifs is 1. The Labute approximate surface area is 141 Å². The van der Waals surface area contributed by atoms with Gasteiger partial charge in [-0.2, -0.15) is 0 Å². The van der Waals surface area contributed by atoms with Crippen LogP contribution in [0.25, 0.3) is 0 Å². The minimum Gasteiger partial charge on any atom is -0.381 e. The Bertz CT molecular complexity index is 694. The number of halogens is 1. The van der Waals surface area contributed by atoms with E-state index in [2.05, 4.69) is 15.4 Å². The van der Waals surface area contributed by atoms with E-state index < -0.39 is 28.3 Å². The van der Waals surface area contributed by atoms with E-state index in [1.54, 1.807) is 13.0 Å². The number of sulfonamides is 1. The molecule has 134 valence electrons. The molecule has 1 aliphatic rings. The summed E-state index contributed by atoms with van der Waals surface area (Å²) < 4.78 is 44.9. The topological polar surface area (TPSA) is 96.5 Å². The van der Waals surface area contributed by atoms with Crippen LogP contribution < -0.4 is 15.4 Å². The fourth-order valence-corrected chi connectivity index (χ4v) is 3.22. The summed E-state index contributed by atoms with van der Waals surface area (Å²) in [6.07, 6.45) is 0.551. The van der Waals surface area contributed by atoms with Crippen molar-refractivity contribution in [2.75, 3.05) is 37.4 Å². The number of anilines is 1. The number of rotatable bonds is 8. The fraction of sp³-hybridized carbons (Fsp3) is 0.533. The predicted molar refractivity (Wildman–Crippen MR) is 88.7 cm³/mol. The Morgan fingerprint density at radius 1 is 1.42 bits per heavy atom. The molecule has 1 amide bonds. The van der Waals surface area contributed by atoms with Gasteiger partial charge in [0.05, 0.1) is 24.6 Å². The quantitative estimate of drug-likeness (QED) is 0.583. The second kappa shape index (κ2) is 8.52. The molecule has 0 aliphatic carbocycles. The van der Waals surface area contributed by atoms with E-state index in [0.29, 0.717) is 31.7 Å². The highest BCUT2D eigenvalue weighted by Gasteiger charge is 2.18. The molecule has 1 aromatic carbocycles. The maximum absolute atomic E-state index is 14.4. The van der Waals surface area contributed by atoms with E-state index in [9.17, 15) is 17.6 Å². The SMILES string of the molecule is CCOCCS(=O)(=O)NCC(=O)Nc1ccc2c(c1F)CCNC2. The molecule has 7 nitrogen and oxygen atoms in total. The van der Waals surface area contributed by atoms with Gasteiger partial charge in [0.2, 0.25) is 15.9 Å². The summed E-state index contributed by atoms with van der Waals surface area (Å²) in [7, 11) is -3.60. The van der Waals surface area contributed by atoms with Crippen molar-refractivity contribution in [2.24, 2.45) is 0 Å². The Kier molecular flexibility index (Phi) is 6.67. The number of benzene rings is 1. The highest BCUT2D eigenvalue weighted by atomic mass is 32.2. The molecule has 24 heavy (non-hydrogen) atoms. The fourth-order valence-electron chi connectivity index (χ4n) is 2.39. The first-order valence-corrected chi connectivity index (χ1v) is 9.44. The zero-order valence-electron chi connectivity index (χ0n) is 13.5. The van der Waals surface area contributed by atoms with Gasteiger partial charge < -0.3 is 15.4 Å². The Morgan fingerprint density at radius 3 is 2.96 bits per heavy atom. The smallest absolute Gasteiger partial charge is 0.239 e. The third-order valence-electron chi connectivity index (χ3n) is 3.63. The van der Waals surface area contributed by atoms with Crippen LogP contribution >= 0.6 is 0 Å². The van der Waals surface area contributed by atoms with Crippen molar-refractivity contribution in [1.82, 2.24) is 10.0 Å². The summed E-state index contributed by atoms with van der Waals surface area (Å²) in [6, 6.07) is 3.25. The maximum Gasteiger partial charge on any atom is 0.239 e. The van der Waals surface area contributed by atoms with Crippen LogP contribution in [-0.2, 0) is 32.5 Å². The monoisotopic (exact) mass is 359 g/mol. The van der Waals surface area contributed by atoms with Crippen LogP contribution in [0.1, 0.15) is 18.1 Å². The first kappa shape index (κ1) is 18.8. The van der Waals surface area contributed by atoms with Crippen molar-refractivity contribution in [1.29, 1.82) is 0 Å². The second-order valence-electron chi connectivity index (χ2n) is 5.38. The van der Waals surface area contributed by atoms with E-state index in [0.717, 1.165) is 5.56 Å². The van der Waals surface area contributed by atoms with E-state index in [-0.39, 0.29) is 18.0 Å². The zero-order valence-corrected chi connectivity index (χ0v) is 14.3. The van der Waals surface area contributed by atoms with Crippen LogP contribution in [0.2, 0.25) is 0 Å². The summed E-state index contributed by atoms with van der Waals surface area (Å²) in [6.45, 7) is 3.06. The molecule has 1 aromatic rings. The lowest BCUT2D eigenvalue weighted by molar-refractivity contribution is -0.115. The zero-order chi connectivity index (χ0) is 17.6. The summed E-state index contributed by atoms with van der Waals surface area (Å²) >= 11 is 0. The van der Waals surface area contributed by atoms with Crippen LogP contribution in [0.5, 0.6) is 0 Å². The summed E-state index contributed by atoms with van der Waals surface area (Å²) in [5, 5.41) is 5.55. The summed E-state index contributed by atoms with van der Waals surface area (Å²) in [4.78, 5) is 11.9. The molecule has 3 N–H and O–H groups in total. The minimum atomic E-state index is -3.60. The maximum atomic E-state index is 14.4. The van der Waals surface area contributed by atoms with E-state index in [1.165, 1.54) is 6.07 Å². The van der Waals surface area contributed by atoms with Crippen molar-refractivity contribution >= 4 is 21.6 Å². The first-order valence-electron chi connectivity index (χ1n) is 7.79. The molecule has 0 saturated carbocycles. The molecule has 0 fully saturated rings. The summed E-state index contributed by atoms with van der Waals surface area (Å²) in [5.74, 6) is -1.31. The van der Waals surface area contributed by atoms with Crippen molar-refractivity contribution in [3.05, 3.63) is 29.1 Å². The van der Waals surface area contributed by atoms with Gasteiger partial charge in [-0.1, -0.05) is 6.07 Å². The highest BCUT2D eigenvalue weighted by Crippen LogP contribution is 2.24. The van der Waals surface area contributed by atoms with Crippen molar-refractivity contribution < 1.29 is 22.3 Å². The van der Waals surface area contributed by atoms with Crippen LogP contribution in [0.4, 0.5) is 10.1 Å². The molecule has 1 aliphatic heterocycles. The number of nitrogens with one attached hydrogen (secondary N) is 3. The Balaban J connectivity index is 1.91. The Hall–Kier alpha value is -1.55. The van der Waals surface area contributed by atoms with Crippen molar-refractivity contribution in [3.63, 3.8) is 0 Å². The molecule has 0 atom stereocenters. The van der Waals surface area contributed by atoms with E-state index in [1.807, 2.05) is 0 Å². The van der Waals surface area contributed by atoms with Gasteiger partial charge in [0.15, 0.2) is 0 Å². The molecule has 1 heterocycles. The number of hydrogen-bond acceptors (Lipinski definition) is 5. The molecular formula is C15H22FN3O4S. The average Bonchev–Trinajstić information content (AvgIpc) is 2.56. The van der Waals surface area contributed by atoms with Gasteiger partial charge in [0, 0.05) is 13.2 Å². The van der Waals surface area contributed by atoms with Crippen molar-refractivity contribution in [3.8, 4) is 0 Å². The standard InChI is InChI=1S/C15H22FN3O4S/c1-2-23-7-8-24(21,22)18-10-14(20)19-13-4-3-11-9-17-6-5-12(11)15(13)16/h3-4,17-18H,2,5-10H2,1H3,(H,19,20). The predicted octanol–water partition coefficient (Wildman–Crippen LogP) is 0.366. The van der Waals surface area contributed by atoms with Gasteiger partial charge in [-0.15, -0.1) is 0 Å². The molecule has 0 radical (unpaired) electrons. The average molecular weight is 359 g/mol. The second-order valence-corrected chi connectivity index (χ2v) is 7.30. The number of ether oxygens (including phenoxy) is 1. The van der Waals surface area contributed by atoms with Gasteiger partial charge in [0.1, 0.15) is 5.82 Å². The molecule has 9 heteroatoms. The van der Waals surface area contributed by atoms with Gasteiger partial charge in [-0.3, -0.25) is 4.79 Å². The lowest BCUT2D eigenvalue weighted by atomic mass is 9.99. The van der Waals surface area contributed by atoms with Crippen LogP contribution in [-0.4, -0.2) is 46.4 Å². The van der Waals surface area contributed by atoms with Gasteiger partial charge >= 0.3 is 0 Å². The number of hydrogen-bond donors (Lipinski definition) is 3. The number of amides is 1. The molecule has 0 aromatic heterocycles. The molecule has 0 saturated heterocycles. The lowest BCUT2D eigenvalue weighted by Gasteiger charge is -2.19. The third-order valence-corrected chi connectivity index (χ3v) is 4.92. The lowest BCUT2D eigenvalue weighted by Crippen LogP contribution is -2.35. The minimum absolute atomic E-state index is 0.0565. The van der Waals surface area contributed by atoms with Gasteiger partial charge in [0.25, 0.3) is 0 Å². The number of carbonyl (C=O) groups excluding carboxylic acids is 1.